The number of likely N-dealkylation sites (N-methyl/N-ethyl adjacent to an activating group) is 1. The molecule has 158 valence electrons. The van der Waals surface area contributed by atoms with Gasteiger partial charge in [0.2, 0.25) is 15.9 Å². The second-order valence-electron chi connectivity index (χ2n) is 6.94. The van der Waals surface area contributed by atoms with Crippen molar-refractivity contribution in [1.82, 2.24) is 13.8 Å². The number of carbonyl (C=O) groups is 2. The molecule has 0 N–H and O–H groups in total. The number of aromatic nitrogens is 1. The second kappa shape index (κ2) is 8.42. The number of amides is 1. The van der Waals surface area contributed by atoms with Gasteiger partial charge in [-0.3, -0.25) is 4.79 Å². The number of nitrogens with zero attached hydrogens (tertiary/aromatic N) is 3. The number of sulfonamides is 1. The highest BCUT2D eigenvalue weighted by Gasteiger charge is 2.41. The van der Waals surface area contributed by atoms with Crippen molar-refractivity contribution in [3.8, 4) is 0 Å². The lowest BCUT2D eigenvalue weighted by Gasteiger charge is -2.26. The smallest absolute Gasteiger partial charge is 0.354 e. The maximum atomic E-state index is 13.2. The maximum absolute atomic E-state index is 13.2. The fourth-order valence-electron chi connectivity index (χ4n) is 3.46. The zero-order chi connectivity index (χ0) is 21.2. The first-order valence-corrected chi connectivity index (χ1v) is 10.8. The second-order valence-corrected chi connectivity index (χ2v) is 8.83. The van der Waals surface area contributed by atoms with Gasteiger partial charge >= 0.3 is 5.97 Å². The Hall–Kier alpha value is -2.59. The number of ether oxygens (including phenoxy) is 1. The first-order valence-electron chi connectivity index (χ1n) is 9.38. The monoisotopic (exact) mass is 423 g/mol. The van der Waals surface area contributed by atoms with Crippen LogP contribution >= 0.6 is 0 Å². The zero-order valence-corrected chi connectivity index (χ0v) is 17.5. The number of furan rings is 1. The molecule has 29 heavy (non-hydrogen) atoms. The van der Waals surface area contributed by atoms with Gasteiger partial charge in [0.25, 0.3) is 0 Å². The molecule has 1 unspecified atom stereocenters. The summed E-state index contributed by atoms with van der Waals surface area (Å²) in [6.07, 6.45) is 3.92. The lowest BCUT2D eigenvalue weighted by atomic mass is 10.2. The van der Waals surface area contributed by atoms with Gasteiger partial charge in [-0.1, -0.05) is 0 Å². The van der Waals surface area contributed by atoms with Crippen molar-refractivity contribution in [2.24, 2.45) is 7.05 Å². The minimum absolute atomic E-state index is 0.0311. The molecule has 1 fully saturated rings. The fraction of sp³-hybridized carbons (Fsp3) is 0.474. The number of hydrogen-bond acceptors (Lipinski definition) is 6. The van der Waals surface area contributed by atoms with Crippen molar-refractivity contribution >= 4 is 21.9 Å². The summed E-state index contributed by atoms with van der Waals surface area (Å²) in [5.41, 5.74) is 0.141. The summed E-state index contributed by atoms with van der Waals surface area (Å²) in [6.45, 7) is 2.38. The predicted molar refractivity (Wildman–Crippen MR) is 103 cm³/mol. The van der Waals surface area contributed by atoms with E-state index < -0.39 is 22.0 Å². The summed E-state index contributed by atoms with van der Waals surface area (Å²) in [4.78, 5) is 26.4. The van der Waals surface area contributed by atoms with Crippen LogP contribution in [-0.4, -0.2) is 60.3 Å². The van der Waals surface area contributed by atoms with Crippen LogP contribution in [0.1, 0.15) is 36.0 Å². The zero-order valence-electron chi connectivity index (χ0n) is 16.7. The molecular formula is C19H25N3O6S. The van der Waals surface area contributed by atoms with E-state index in [0.29, 0.717) is 18.6 Å². The highest BCUT2D eigenvalue weighted by Crippen LogP contribution is 2.28. The van der Waals surface area contributed by atoms with Gasteiger partial charge in [0.05, 0.1) is 19.4 Å². The maximum Gasteiger partial charge on any atom is 0.354 e. The van der Waals surface area contributed by atoms with E-state index in [-0.39, 0.29) is 36.2 Å². The van der Waals surface area contributed by atoms with Crippen molar-refractivity contribution in [1.29, 1.82) is 0 Å². The van der Waals surface area contributed by atoms with E-state index in [0.717, 1.165) is 0 Å². The lowest BCUT2D eigenvalue weighted by molar-refractivity contribution is -0.134. The third-order valence-electron chi connectivity index (χ3n) is 4.91. The third-order valence-corrected chi connectivity index (χ3v) is 6.78. The average molecular weight is 423 g/mol. The Kier molecular flexibility index (Phi) is 6.13. The van der Waals surface area contributed by atoms with Crippen LogP contribution in [0.15, 0.2) is 40.0 Å². The van der Waals surface area contributed by atoms with Crippen LogP contribution in [0, 0.1) is 0 Å². The molecule has 2 aromatic rings. The van der Waals surface area contributed by atoms with Crippen LogP contribution in [0.2, 0.25) is 0 Å². The van der Waals surface area contributed by atoms with Crippen LogP contribution in [0.3, 0.4) is 0 Å². The fourth-order valence-corrected chi connectivity index (χ4v) is 5.18. The minimum Gasteiger partial charge on any atom is -0.467 e. The van der Waals surface area contributed by atoms with Crippen molar-refractivity contribution in [3.05, 3.63) is 42.1 Å². The predicted octanol–water partition coefficient (Wildman–Crippen LogP) is 1.61. The molecule has 10 heteroatoms. The van der Waals surface area contributed by atoms with Gasteiger partial charge in [-0.2, -0.15) is 4.31 Å². The van der Waals surface area contributed by atoms with E-state index in [9.17, 15) is 18.0 Å². The quantitative estimate of drug-likeness (QED) is 0.627. The van der Waals surface area contributed by atoms with Crippen LogP contribution in [0.5, 0.6) is 0 Å². The average Bonchev–Trinajstić information content (AvgIpc) is 3.41. The molecule has 1 saturated heterocycles. The van der Waals surface area contributed by atoms with Crippen LogP contribution in [0.25, 0.3) is 0 Å². The van der Waals surface area contributed by atoms with Gasteiger partial charge in [-0.25, -0.2) is 13.2 Å². The van der Waals surface area contributed by atoms with Gasteiger partial charge in [0, 0.05) is 26.8 Å². The van der Waals surface area contributed by atoms with E-state index in [1.54, 1.807) is 33.2 Å². The summed E-state index contributed by atoms with van der Waals surface area (Å²) >= 11 is 0. The van der Waals surface area contributed by atoms with Crippen LogP contribution in [-0.2, 0) is 33.1 Å². The van der Waals surface area contributed by atoms with E-state index in [1.807, 2.05) is 0 Å². The highest BCUT2D eigenvalue weighted by atomic mass is 32.2. The molecule has 1 aliphatic rings. The van der Waals surface area contributed by atoms with Crippen molar-refractivity contribution in [2.75, 3.05) is 20.2 Å². The summed E-state index contributed by atoms with van der Waals surface area (Å²) in [6, 6.07) is 4.00. The topological polar surface area (TPSA) is 102 Å². The van der Waals surface area contributed by atoms with Gasteiger partial charge in [0.15, 0.2) is 0 Å². The molecular weight excluding hydrogens is 398 g/mol. The molecule has 3 rings (SSSR count). The third kappa shape index (κ3) is 4.23. The van der Waals surface area contributed by atoms with E-state index in [2.05, 4.69) is 0 Å². The molecule has 0 saturated carbocycles. The Morgan fingerprint density at radius 3 is 2.79 bits per heavy atom. The van der Waals surface area contributed by atoms with Crippen molar-refractivity contribution in [2.45, 2.75) is 37.2 Å². The van der Waals surface area contributed by atoms with Gasteiger partial charge in [-0.15, -0.1) is 0 Å². The molecule has 0 radical (unpaired) electrons. The molecule has 3 heterocycles. The number of aryl methyl sites for hydroxylation is 1. The Morgan fingerprint density at radius 2 is 2.14 bits per heavy atom. The molecule has 0 spiro atoms. The molecule has 0 bridgehead atoms. The highest BCUT2D eigenvalue weighted by molar-refractivity contribution is 7.89. The molecule has 2 aromatic heterocycles. The molecule has 1 amide bonds. The van der Waals surface area contributed by atoms with Crippen molar-refractivity contribution in [3.63, 3.8) is 0 Å². The van der Waals surface area contributed by atoms with Crippen molar-refractivity contribution < 1.29 is 27.2 Å². The minimum atomic E-state index is -3.94. The van der Waals surface area contributed by atoms with Crippen LogP contribution in [0.4, 0.5) is 0 Å². The largest absolute Gasteiger partial charge is 0.467 e. The summed E-state index contributed by atoms with van der Waals surface area (Å²) in [5.74, 6) is -0.261. The number of carbonyl (C=O) groups excluding carboxylic acids is 2. The van der Waals surface area contributed by atoms with E-state index in [4.69, 9.17) is 9.15 Å². The molecule has 0 aromatic carbocycles. The number of rotatable bonds is 7. The normalized spacial score (nSPS) is 17.4. The van der Waals surface area contributed by atoms with Gasteiger partial charge in [0.1, 0.15) is 22.4 Å². The summed E-state index contributed by atoms with van der Waals surface area (Å²) < 4.78 is 39.3. The van der Waals surface area contributed by atoms with Crippen LogP contribution < -0.4 is 0 Å². The Morgan fingerprint density at radius 1 is 1.38 bits per heavy atom. The molecule has 9 nitrogen and oxygen atoms in total. The molecule has 1 atom stereocenters. The molecule has 1 aliphatic heterocycles. The first kappa shape index (κ1) is 21.1. The Balaban J connectivity index is 1.81. The van der Waals surface area contributed by atoms with Gasteiger partial charge in [-0.05, 0) is 38.0 Å². The Labute approximate surface area is 169 Å². The Bertz CT molecular complexity index is 980. The van der Waals surface area contributed by atoms with E-state index in [1.165, 1.54) is 32.3 Å². The first-order chi connectivity index (χ1) is 13.8. The SMILES string of the molecule is CCOC(=O)c1cc(S(=O)(=O)N2CCCC2C(=O)N(C)Cc2ccco2)cn1C. The standard InChI is InChI=1S/C19H25N3O6S/c1-4-27-19(24)17-11-15(13-20(17)2)29(25,26)22-9-5-8-16(22)18(23)21(3)12-14-7-6-10-28-14/h6-7,10-11,13,16H,4-5,8-9,12H2,1-3H3. The number of esters is 1. The molecule has 0 aliphatic carbocycles. The summed E-state index contributed by atoms with van der Waals surface area (Å²) in [5, 5.41) is 0. The summed E-state index contributed by atoms with van der Waals surface area (Å²) in [7, 11) is -0.746. The van der Waals surface area contributed by atoms with E-state index >= 15 is 0 Å². The lowest BCUT2D eigenvalue weighted by Crippen LogP contribution is -2.46. The van der Waals surface area contributed by atoms with Gasteiger partial charge < -0.3 is 18.6 Å². The number of hydrogen-bond donors (Lipinski definition) is 0.